The third kappa shape index (κ3) is 2.96. The molecule has 1 aliphatic rings. The Kier molecular flexibility index (Phi) is 5.13. The van der Waals surface area contributed by atoms with E-state index in [9.17, 15) is 0 Å². The molecular formula is C13H20ClN. The fourth-order valence-electron chi connectivity index (χ4n) is 2.53. The summed E-state index contributed by atoms with van der Waals surface area (Å²) in [6.07, 6.45) is 6.92. The fraction of sp³-hybridized carbons (Fsp3) is 0.538. The van der Waals surface area contributed by atoms with E-state index in [2.05, 4.69) is 24.3 Å². The Balaban J connectivity index is 0.00000112. The van der Waals surface area contributed by atoms with E-state index in [1.54, 1.807) is 0 Å². The molecule has 0 amide bonds. The van der Waals surface area contributed by atoms with Crippen molar-refractivity contribution in [3.63, 3.8) is 0 Å². The quantitative estimate of drug-likeness (QED) is 0.818. The average Bonchev–Trinajstić information content (AvgIpc) is 2.30. The molecule has 1 aromatic carbocycles. The van der Waals surface area contributed by atoms with Gasteiger partial charge in [-0.1, -0.05) is 43.5 Å². The molecule has 0 saturated heterocycles. The summed E-state index contributed by atoms with van der Waals surface area (Å²) in [6, 6.07) is 8.67. The smallest absolute Gasteiger partial charge is 0.0180 e. The van der Waals surface area contributed by atoms with Gasteiger partial charge in [0.25, 0.3) is 0 Å². The van der Waals surface area contributed by atoms with Gasteiger partial charge in [0.05, 0.1) is 0 Å². The number of hydrogen-bond donors (Lipinski definition) is 1. The minimum absolute atomic E-state index is 0. The summed E-state index contributed by atoms with van der Waals surface area (Å²) >= 11 is 0. The monoisotopic (exact) mass is 225 g/mol. The predicted molar refractivity (Wildman–Crippen MR) is 67.4 cm³/mol. The molecule has 1 aromatic rings. The van der Waals surface area contributed by atoms with Crippen molar-refractivity contribution >= 4 is 12.4 Å². The molecule has 2 rings (SSSR count). The van der Waals surface area contributed by atoms with Crippen LogP contribution in [0.3, 0.4) is 0 Å². The molecule has 1 aliphatic carbocycles. The first-order chi connectivity index (χ1) is 6.92. The van der Waals surface area contributed by atoms with Crippen molar-refractivity contribution in [1.29, 1.82) is 0 Å². The first-order valence-corrected chi connectivity index (χ1v) is 5.69. The Morgan fingerprint density at radius 2 is 1.73 bits per heavy atom. The molecule has 0 atom stereocenters. The van der Waals surface area contributed by atoms with Crippen LogP contribution in [-0.4, -0.2) is 0 Å². The zero-order chi connectivity index (χ0) is 9.80. The fourth-order valence-corrected chi connectivity index (χ4v) is 2.53. The molecule has 0 heterocycles. The molecule has 0 bridgehead atoms. The highest BCUT2D eigenvalue weighted by Crippen LogP contribution is 2.34. The highest BCUT2D eigenvalue weighted by molar-refractivity contribution is 5.85. The van der Waals surface area contributed by atoms with Crippen LogP contribution >= 0.6 is 12.4 Å². The van der Waals surface area contributed by atoms with Crippen LogP contribution in [0.25, 0.3) is 0 Å². The van der Waals surface area contributed by atoms with Crippen molar-refractivity contribution in [2.45, 2.75) is 44.6 Å². The van der Waals surface area contributed by atoms with Gasteiger partial charge >= 0.3 is 0 Å². The highest BCUT2D eigenvalue weighted by Gasteiger charge is 2.17. The van der Waals surface area contributed by atoms with E-state index in [4.69, 9.17) is 5.73 Å². The second-order valence-corrected chi connectivity index (χ2v) is 4.24. The summed E-state index contributed by atoms with van der Waals surface area (Å²) in [5.41, 5.74) is 8.61. The maximum Gasteiger partial charge on any atom is 0.0180 e. The molecule has 1 nitrogen and oxygen atoms in total. The molecule has 0 aromatic heterocycles. The van der Waals surface area contributed by atoms with E-state index >= 15 is 0 Å². The van der Waals surface area contributed by atoms with Crippen LogP contribution in [0.5, 0.6) is 0 Å². The van der Waals surface area contributed by atoms with Gasteiger partial charge in [-0.2, -0.15) is 0 Å². The Labute approximate surface area is 98.5 Å². The van der Waals surface area contributed by atoms with Gasteiger partial charge in [-0.3, -0.25) is 0 Å². The lowest BCUT2D eigenvalue weighted by molar-refractivity contribution is 0.441. The molecular weight excluding hydrogens is 206 g/mol. The van der Waals surface area contributed by atoms with Crippen molar-refractivity contribution in [1.82, 2.24) is 0 Å². The molecule has 15 heavy (non-hydrogen) atoms. The number of nitrogens with two attached hydrogens (primary N) is 1. The van der Waals surface area contributed by atoms with Crippen LogP contribution in [0.15, 0.2) is 24.3 Å². The normalized spacial score (nSPS) is 17.1. The van der Waals surface area contributed by atoms with Gasteiger partial charge < -0.3 is 5.73 Å². The van der Waals surface area contributed by atoms with Gasteiger partial charge in [0.1, 0.15) is 0 Å². The topological polar surface area (TPSA) is 26.0 Å². The maximum atomic E-state index is 5.76. The van der Waals surface area contributed by atoms with E-state index in [1.165, 1.54) is 43.2 Å². The Bertz CT molecular complexity index is 292. The number of benzene rings is 1. The van der Waals surface area contributed by atoms with Crippen LogP contribution in [0.1, 0.15) is 49.1 Å². The molecule has 0 aliphatic heterocycles. The molecule has 84 valence electrons. The largest absolute Gasteiger partial charge is 0.326 e. The van der Waals surface area contributed by atoms with Crippen LogP contribution in [-0.2, 0) is 6.54 Å². The van der Waals surface area contributed by atoms with Crippen LogP contribution < -0.4 is 5.73 Å². The summed E-state index contributed by atoms with van der Waals surface area (Å²) in [4.78, 5) is 0. The Morgan fingerprint density at radius 3 is 2.40 bits per heavy atom. The minimum Gasteiger partial charge on any atom is -0.326 e. The van der Waals surface area contributed by atoms with Crippen molar-refractivity contribution < 1.29 is 0 Å². The number of hydrogen-bond acceptors (Lipinski definition) is 1. The Hall–Kier alpha value is -0.530. The van der Waals surface area contributed by atoms with Crippen molar-refractivity contribution in [2.24, 2.45) is 5.73 Å². The van der Waals surface area contributed by atoms with Crippen molar-refractivity contribution in [3.8, 4) is 0 Å². The molecule has 1 fully saturated rings. The standard InChI is InChI=1S/C13H19N.ClH/c14-10-12-8-4-5-9-13(12)11-6-2-1-3-7-11;/h4-5,8-9,11H,1-3,6-7,10,14H2;1H. The second kappa shape index (κ2) is 6.14. The number of rotatable bonds is 2. The lowest BCUT2D eigenvalue weighted by Crippen LogP contribution is -2.09. The molecule has 2 heteroatoms. The van der Waals surface area contributed by atoms with Crippen LogP contribution in [0, 0.1) is 0 Å². The summed E-state index contributed by atoms with van der Waals surface area (Å²) < 4.78 is 0. The maximum absolute atomic E-state index is 5.76. The zero-order valence-corrected chi connectivity index (χ0v) is 9.93. The molecule has 2 N–H and O–H groups in total. The molecule has 0 unspecified atom stereocenters. The van der Waals surface area contributed by atoms with Crippen molar-refractivity contribution in [2.75, 3.05) is 0 Å². The molecule has 0 spiro atoms. The summed E-state index contributed by atoms with van der Waals surface area (Å²) in [5, 5.41) is 0. The third-order valence-corrected chi connectivity index (χ3v) is 3.32. The highest BCUT2D eigenvalue weighted by atomic mass is 35.5. The van der Waals surface area contributed by atoms with Gasteiger partial charge in [-0.15, -0.1) is 12.4 Å². The third-order valence-electron chi connectivity index (χ3n) is 3.32. The number of halogens is 1. The van der Waals surface area contributed by atoms with Gasteiger partial charge in [0.2, 0.25) is 0 Å². The van der Waals surface area contributed by atoms with E-state index < -0.39 is 0 Å². The second-order valence-electron chi connectivity index (χ2n) is 4.24. The SMILES string of the molecule is Cl.NCc1ccccc1C1CCCCC1. The predicted octanol–water partition coefficient (Wildman–Crippen LogP) is 3.61. The Morgan fingerprint density at radius 1 is 1.07 bits per heavy atom. The van der Waals surface area contributed by atoms with Gasteiger partial charge in [0.15, 0.2) is 0 Å². The lowest BCUT2D eigenvalue weighted by atomic mass is 9.82. The first kappa shape index (κ1) is 12.5. The van der Waals surface area contributed by atoms with E-state index in [0.29, 0.717) is 6.54 Å². The van der Waals surface area contributed by atoms with Crippen LogP contribution in [0.2, 0.25) is 0 Å². The van der Waals surface area contributed by atoms with Gasteiger partial charge in [0, 0.05) is 6.54 Å². The zero-order valence-electron chi connectivity index (χ0n) is 9.11. The summed E-state index contributed by atoms with van der Waals surface area (Å²) in [5.74, 6) is 0.781. The minimum atomic E-state index is 0. The molecule has 1 saturated carbocycles. The summed E-state index contributed by atoms with van der Waals surface area (Å²) in [7, 11) is 0. The van der Waals surface area contributed by atoms with Gasteiger partial charge in [-0.05, 0) is 29.9 Å². The van der Waals surface area contributed by atoms with Crippen LogP contribution in [0.4, 0.5) is 0 Å². The van der Waals surface area contributed by atoms with Gasteiger partial charge in [-0.25, -0.2) is 0 Å². The van der Waals surface area contributed by atoms with Crippen molar-refractivity contribution in [3.05, 3.63) is 35.4 Å². The van der Waals surface area contributed by atoms with E-state index in [-0.39, 0.29) is 12.4 Å². The van der Waals surface area contributed by atoms with E-state index in [0.717, 1.165) is 5.92 Å². The average molecular weight is 226 g/mol. The van der Waals surface area contributed by atoms with E-state index in [1.807, 2.05) is 0 Å². The molecule has 0 radical (unpaired) electrons. The summed E-state index contributed by atoms with van der Waals surface area (Å²) in [6.45, 7) is 0.687. The lowest BCUT2D eigenvalue weighted by Gasteiger charge is -2.23. The first-order valence-electron chi connectivity index (χ1n) is 5.69.